The fraction of sp³-hybridized carbons (Fsp3) is 0.250. The standard InChI is InChI=1S/C28H27N3O2/c1-28(27-30-17-18-31-27,21-9-6-16-29-19-21)33-26-15-14-23-22(10-5-11-25(23)32)24(26)13-12-20-7-3-2-4-8-20/h2-4,6-9,14-19H,5,10-13H2,1H3,(H,30,31). The topological polar surface area (TPSA) is 67.9 Å². The van der Waals surface area contributed by atoms with E-state index in [2.05, 4.69) is 39.2 Å². The maximum Gasteiger partial charge on any atom is 0.190 e. The van der Waals surface area contributed by atoms with Gasteiger partial charge in [0.15, 0.2) is 17.2 Å². The molecule has 0 saturated carbocycles. The first kappa shape index (κ1) is 21.1. The summed E-state index contributed by atoms with van der Waals surface area (Å²) in [6, 6.07) is 18.2. The number of H-pyrrole nitrogens is 1. The predicted molar refractivity (Wildman–Crippen MR) is 127 cm³/mol. The molecule has 5 rings (SSSR count). The van der Waals surface area contributed by atoms with Gasteiger partial charge in [0.05, 0.1) is 0 Å². The second-order valence-corrected chi connectivity index (χ2v) is 8.65. The molecule has 0 fully saturated rings. The van der Waals surface area contributed by atoms with Gasteiger partial charge >= 0.3 is 0 Å². The third-order valence-corrected chi connectivity index (χ3v) is 6.50. The van der Waals surface area contributed by atoms with E-state index < -0.39 is 5.60 Å². The van der Waals surface area contributed by atoms with E-state index in [1.54, 1.807) is 18.6 Å². The number of nitrogens with zero attached hydrogens (tertiary/aromatic N) is 2. The molecule has 2 aromatic heterocycles. The number of aromatic nitrogens is 3. The number of imidazole rings is 1. The van der Waals surface area contributed by atoms with Crippen LogP contribution >= 0.6 is 0 Å². The van der Waals surface area contributed by atoms with Crippen LogP contribution in [-0.4, -0.2) is 20.7 Å². The predicted octanol–water partition coefficient (Wildman–Crippen LogP) is 5.45. The average molecular weight is 438 g/mol. The lowest BCUT2D eigenvalue weighted by molar-refractivity contribution is 0.0971. The number of benzene rings is 2. The maximum absolute atomic E-state index is 12.7. The van der Waals surface area contributed by atoms with Crippen LogP contribution < -0.4 is 4.74 Å². The first-order valence-electron chi connectivity index (χ1n) is 11.5. The number of fused-ring (bicyclic) bond motifs is 1. The van der Waals surface area contributed by atoms with Gasteiger partial charge in [-0.3, -0.25) is 9.78 Å². The molecule has 0 bridgehead atoms. The number of hydrogen-bond acceptors (Lipinski definition) is 4. The zero-order chi connectivity index (χ0) is 22.7. The van der Waals surface area contributed by atoms with Gasteiger partial charge in [0.25, 0.3) is 0 Å². The molecule has 0 radical (unpaired) electrons. The van der Waals surface area contributed by atoms with E-state index in [-0.39, 0.29) is 5.78 Å². The van der Waals surface area contributed by atoms with Gasteiger partial charge in [-0.05, 0) is 67.5 Å². The molecule has 1 unspecified atom stereocenters. The molecular formula is C28H27N3O2. The van der Waals surface area contributed by atoms with E-state index in [9.17, 15) is 4.79 Å². The molecule has 166 valence electrons. The van der Waals surface area contributed by atoms with Crippen LogP contribution in [0.1, 0.15) is 58.2 Å². The van der Waals surface area contributed by atoms with Crippen LogP contribution in [0.5, 0.6) is 5.75 Å². The maximum atomic E-state index is 12.7. The summed E-state index contributed by atoms with van der Waals surface area (Å²) in [5, 5.41) is 0. The van der Waals surface area contributed by atoms with Crippen LogP contribution in [-0.2, 0) is 24.9 Å². The molecule has 0 spiro atoms. The number of pyridine rings is 1. The third-order valence-electron chi connectivity index (χ3n) is 6.50. The number of Topliss-reactive ketones (excluding diaryl/α,β-unsaturated/α-hetero) is 1. The van der Waals surface area contributed by atoms with E-state index in [1.165, 1.54) is 5.56 Å². The molecule has 2 heterocycles. The molecule has 1 N–H and O–H groups in total. The number of hydrogen-bond donors (Lipinski definition) is 1. The summed E-state index contributed by atoms with van der Waals surface area (Å²) in [7, 11) is 0. The van der Waals surface area contributed by atoms with E-state index in [0.717, 1.165) is 53.7 Å². The van der Waals surface area contributed by atoms with Crippen molar-refractivity contribution in [2.75, 3.05) is 0 Å². The summed E-state index contributed by atoms with van der Waals surface area (Å²) in [5.41, 5.74) is 4.41. The Kier molecular flexibility index (Phi) is 5.78. The van der Waals surface area contributed by atoms with Crippen LogP contribution in [0.2, 0.25) is 0 Å². The highest BCUT2D eigenvalue weighted by Gasteiger charge is 2.36. The van der Waals surface area contributed by atoms with Gasteiger partial charge in [-0.25, -0.2) is 4.98 Å². The Morgan fingerprint density at radius 2 is 1.88 bits per heavy atom. The van der Waals surface area contributed by atoms with Crippen LogP contribution in [0, 0.1) is 0 Å². The number of nitrogens with one attached hydrogen (secondary N) is 1. The lowest BCUT2D eigenvalue weighted by Crippen LogP contribution is -2.33. The SMILES string of the molecule is CC(Oc1ccc2c(c1CCc1ccccc1)CCCC2=O)(c1cccnc1)c1ncc[nH]1. The van der Waals surface area contributed by atoms with Gasteiger partial charge in [0.1, 0.15) is 5.75 Å². The van der Waals surface area contributed by atoms with E-state index in [0.29, 0.717) is 12.2 Å². The molecule has 2 aromatic carbocycles. The van der Waals surface area contributed by atoms with Gasteiger partial charge in [0, 0.05) is 42.3 Å². The minimum absolute atomic E-state index is 0.227. The summed E-state index contributed by atoms with van der Waals surface area (Å²) in [6.45, 7) is 2.01. The fourth-order valence-corrected chi connectivity index (χ4v) is 4.70. The molecule has 5 heteroatoms. The number of rotatable bonds is 7. The quantitative estimate of drug-likeness (QED) is 0.417. The zero-order valence-corrected chi connectivity index (χ0v) is 18.8. The third kappa shape index (κ3) is 4.19. The number of aromatic amines is 1. The first-order valence-corrected chi connectivity index (χ1v) is 11.5. The smallest absolute Gasteiger partial charge is 0.190 e. The van der Waals surface area contributed by atoms with E-state index in [4.69, 9.17) is 4.74 Å². The number of ether oxygens (including phenoxy) is 1. The van der Waals surface area contributed by atoms with E-state index in [1.807, 2.05) is 43.5 Å². The molecule has 0 amide bonds. The minimum Gasteiger partial charge on any atom is -0.475 e. The average Bonchev–Trinajstić information content (AvgIpc) is 3.40. The van der Waals surface area contributed by atoms with Crippen molar-refractivity contribution in [3.05, 3.63) is 113 Å². The molecule has 4 aromatic rings. The van der Waals surface area contributed by atoms with Gasteiger partial charge in [0.2, 0.25) is 0 Å². The Hall–Kier alpha value is -3.73. The van der Waals surface area contributed by atoms with Crippen molar-refractivity contribution in [2.45, 2.75) is 44.6 Å². The zero-order valence-electron chi connectivity index (χ0n) is 18.8. The van der Waals surface area contributed by atoms with Crippen LogP contribution in [0.25, 0.3) is 0 Å². The molecule has 1 atom stereocenters. The van der Waals surface area contributed by atoms with Crippen molar-refractivity contribution >= 4 is 5.78 Å². The van der Waals surface area contributed by atoms with E-state index >= 15 is 0 Å². The second kappa shape index (κ2) is 9.02. The monoisotopic (exact) mass is 437 g/mol. The lowest BCUT2D eigenvalue weighted by Gasteiger charge is -2.31. The van der Waals surface area contributed by atoms with Crippen molar-refractivity contribution in [3.63, 3.8) is 0 Å². The Labute approximate surface area is 193 Å². The van der Waals surface area contributed by atoms with Crippen LogP contribution in [0.15, 0.2) is 79.4 Å². The normalized spacial score (nSPS) is 15.0. The molecule has 0 aliphatic heterocycles. The van der Waals surface area contributed by atoms with Crippen LogP contribution in [0.4, 0.5) is 0 Å². The summed E-state index contributed by atoms with van der Waals surface area (Å²) in [5.74, 6) is 1.73. The number of carbonyl (C=O) groups is 1. The summed E-state index contributed by atoms with van der Waals surface area (Å²) < 4.78 is 6.81. The molecule has 1 aliphatic rings. The lowest BCUT2D eigenvalue weighted by atomic mass is 9.85. The first-order chi connectivity index (χ1) is 16.1. The number of ketones is 1. The largest absolute Gasteiger partial charge is 0.475 e. The highest BCUT2D eigenvalue weighted by Crippen LogP contribution is 2.38. The Bertz CT molecular complexity index is 1240. The van der Waals surface area contributed by atoms with Crippen molar-refractivity contribution in [1.29, 1.82) is 0 Å². The number of aryl methyl sites for hydroxylation is 1. The fourth-order valence-electron chi connectivity index (χ4n) is 4.70. The van der Waals surface area contributed by atoms with Crippen LogP contribution in [0.3, 0.4) is 0 Å². The van der Waals surface area contributed by atoms with Gasteiger partial charge in [-0.2, -0.15) is 0 Å². The summed E-state index contributed by atoms with van der Waals surface area (Å²) >= 11 is 0. The van der Waals surface area contributed by atoms with Gasteiger partial charge in [-0.1, -0.05) is 36.4 Å². The minimum atomic E-state index is -0.855. The Morgan fingerprint density at radius 3 is 2.64 bits per heavy atom. The van der Waals surface area contributed by atoms with Gasteiger partial charge in [-0.15, -0.1) is 0 Å². The Balaban J connectivity index is 1.58. The molecule has 5 nitrogen and oxygen atoms in total. The second-order valence-electron chi connectivity index (χ2n) is 8.65. The molecule has 0 saturated heterocycles. The van der Waals surface area contributed by atoms with Crippen molar-refractivity contribution in [2.24, 2.45) is 0 Å². The molecule has 1 aliphatic carbocycles. The molecular weight excluding hydrogens is 410 g/mol. The highest BCUT2D eigenvalue weighted by atomic mass is 16.5. The van der Waals surface area contributed by atoms with Crippen molar-refractivity contribution < 1.29 is 9.53 Å². The Morgan fingerprint density at radius 1 is 1.00 bits per heavy atom. The number of carbonyl (C=O) groups excluding carboxylic acids is 1. The van der Waals surface area contributed by atoms with Gasteiger partial charge < -0.3 is 9.72 Å². The molecule has 33 heavy (non-hydrogen) atoms. The van der Waals surface area contributed by atoms with Crippen molar-refractivity contribution in [1.82, 2.24) is 15.0 Å². The van der Waals surface area contributed by atoms with Crippen molar-refractivity contribution in [3.8, 4) is 5.75 Å². The summed E-state index contributed by atoms with van der Waals surface area (Å²) in [4.78, 5) is 24.7. The summed E-state index contributed by atoms with van der Waals surface area (Å²) in [6.07, 6.45) is 11.2. The highest BCUT2D eigenvalue weighted by molar-refractivity contribution is 5.99.